The van der Waals surface area contributed by atoms with E-state index in [9.17, 15) is 14.9 Å². The first kappa shape index (κ1) is 23.7. The van der Waals surface area contributed by atoms with Crippen molar-refractivity contribution in [3.63, 3.8) is 0 Å². The molecule has 0 unspecified atom stereocenters. The summed E-state index contributed by atoms with van der Waals surface area (Å²) in [6.07, 6.45) is 3.51. The summed E-state index contributed by atoms with van der Waals surface area (Å²) >= 11 is 1.20. The molecule has 0 bridgehead atoms. The van der Waals surface area contributed by atoms with Crippen molar-refractivity contribution in [3.8, 4) is 28.5 Å². The third-order valence-corrected chi connectivity index (χ3v) is 7.57. The molecule has 0 saturated carbocycles. The zero-order valence-electron chi connectivity index (χ0n) is 20.9. The number of hydrogen-bond acceptors (Lipinski definition) is 8. The number of aromatic nitrogens is 5. The summed E-state index contributed by atoms with van der Waals surface area (Å²) in [5.41, 5.74) is 3.76. The molecule has 0 atom stereocenters. The first-order valence-corrected chi connectivity index (χ1v) is 13.1. The average molecular weight is 547 g/mol. The molecule has 0 aliphatic heterocycles. The molecule has 0 fully saturated rings. The van der Waals surface area contributed by atoms with Gasteiger partial charge < -0.3 is 4.42 Å². The molecule has 0 N–H and O–H groups in total. The molecule has 0 amide bonds. The minimum atomic E-state index is -0.446. The summed E-state index contributed by atoms with van der Waals surface area (Å²) < 4.78 is 9.34. The van der Waals surface area contributed by atoms with Crippen LogP contribution in [0.5, 0.6) is 0 Å². The van der Waals surface area contributed by atoms with Gasteiger partial charge >= 0.3 is 0 Å². The lowest BCUT2D eigenvalue weighted by molar-refractivity contribution is -0.384. The lowest BCUT2D eigenvalue weighted by atomic mass is 10.1. The Morgan fingerprint density at radius 1 is 1.00 bits per heavy atom. The quantitative estimate of drug-likeness (QED) is 0.215. The lowest BCUT2D eigenvalue weighted by Crippen LogP contribution is -2.23. The topological polar surface area (TPSA) is 121 Å². The Morgan fingerprint density at radius 2 is 1.80 bits per heavy atom. The van der Waals surface area contributed by atoms with E-state index in [1.165, 1.54) is 28.0 Å². The van der Waals surface area contributed by atoms with E-state index in [-0.39, 0.29) is 11.2 Å². The molecule has 3 aromatic carbocycles. The number of benzene rings is 3. The molecule has 4 heterocycles. The van der Waals surface area contributed by atoms with Crippen LogP contribution >= 0.6 is 11.3 Å². The number of nitro groups is 1. The van der Waals surface area contributed by atoms with Crippen LogP contribution in [-0.2, 0) is 0 Å². The van der Waals surface area contributed by atoms with Gasteiger partial charge in [-0.1, -0.05) is 59.9 Å². The van der Waals surface area contributed by atoms with Gasteiger partial charge in [0.1, 0.15) is 11.3 Å². The SMILES string of the molecule is Cc1c(-c2nc3sc(=Cc4cn(-c5ccccc5)nc4-c4cccc([N+](=O)[O-])c4)c(=O)n3n2)oc2ccccc12. The predicted molar refractivity (Wildman–Crippen MR) is 152 cm³/mol. The number of aryl methyl sites for hydroxylation is 1. The van der Waals surface area contributed by atoms with E-state index in [4.69, 9.17) is 9.52 Å². The van der Waals surface area contributed by atoms with Crippen molar-refractivity contribution in [1.82, 2.24) is 24.4 Å². The number of thiazole rings is 1. The van der Waals surface area contributed by atoms with Crippen molar-refractivity contribution in [1.29, 1.82) is 0 Å². The largest absolute Gasteiger partial charge is 0.452 e. The van der Waals surface area contributed by atoms with E-state index in [1.54, 1.807) is 29.1 Å². The van der Waals surface area contributed by atoms with Gasteiger partial charge in [0.15, 0.2) is 5.76 Å². The van der Waals surface area contributed by atoms with Gasteiger partial charge in [-0.25, -0.2) is 4.68 Å². The number of nitro benzene ring substituents is 1. The van der Waals surface area contributed by atoms with Crippen LogP contribution in [0.1, 0.15) is 11.1 Å². The van der Waals surface area contributed by atoms with Crippen LogP contribution < -0.4 is 10.1 Å². The zero-order valence-corrected chi connectivity index (χ0v) is 21.7. The van der Waals surface area contributed by atoms with Gasteiger partial charge in [-0.05, 0) is 31.2 Å². The fourth-order valence-corrected chi connectivity index (χ4v) is 5.55. The van der Waals surface area contributed by atoms with Gasteiger partial charge in [-0.3, -0.25) is 14.9 Å². The second-order valence-electron chi connectivity index (χ2n) is 9.12. The summed E-state index contributed by atoms with van der Waals surface area (Å²) in [5.74, 6) is 0.872. The number of para-hydroxylation sites is 2. The second kappa shape index (κ2) is 9.10. The molecule has 0 aliphatic carbocycles. The molecule has 10 nitrogen and oxygen atoms in total. The molecule has 4 aromatic heterocycles. The summed E-state index contributed by atoms with van der Waals surface area (Å²) in [4.78, 5) is 29.4. The fraction of sp³-hybridized carbons (Fsp3) is 0.0345. The van der Waals surface area contributed by atoms with Gasteiger partial charge in [-0.15, -0.1) is 5.10 Å². The number of hydrogen-bond donors (Lipinski definition) is 0. The zero-order chi connectivity index (χ0) is 27.4. The number of furan rings is 1. The Labute approximate surface area is 229 Å². The third kappa shape index (κ3) is 3.87. The highest BCUT2D eigenvalue weighted by Crippen LogP contribution is 2.31. The van der Waals surface area contributed by atoms with Gasteiger partial charge in [0.25, 0.3) is 11.2 Å². The minimum absolute atomic E-state index is 0.0468. The van der Waals surface area contributed by atoms with E-state index in [0.717, 1.165) is 22.2 Å². The number of fused-ring (bicyclic) bond motifs is 2. The Bertz CT molecular complexity index is 2190. The van der Waals surface area contributed by atoms with Crippen LogP contribution in [0.3, 0.4) is 0 Å². The van der Waals surface area contributed by atoms with E-state index < -0.39 is 4.92 Å². The van der Waals surface area contributed by atoms with Crippen LogP contribution in [0, 0.1) is 17.0 Å². The Morgan fingerprint density at radius 3 is 2.58 bits per heavy atom. The number of rotatable bonds is 5. The molecule has 7 rings (SSSR count). The lowest BCUT2D eigenvalue weighted by Gasteiger charge is -2.00. The highest BCUT2D eigenvalue weighted by molar-refractivity contribution is 7.15. The molecule has 0 spiro atoms. The molecule has 0 radical (unpaired) electrons. The number of nitrogens with zero attached hydrogens (tertiary/aromatic N) is 6. The molecule has 11 heteroatoms. The molecule has 7 aromatic rings. The maximum atomic E-state index is 13.4. The van der Waals surface area contributed by atoms with Crippen molar-refractivity contribution in [2.45, 2.75) is 6.92 Å². The van der Waals surface area contributed by atoms with Crippen molar-refractivity contribution in [2.75, 3.05) is 0 Å². The number of non-ortho nitro benzene ring substituents is 1. The Kier molecular flexibility index (Phi) is 5.39. The molecular formula is C29H18N6O4S. The third-order valence-electron chi connectivity index (χ3n) is 6.61. The van der Waals surface area contributed by atoms with Crippen molar-refractivity contribution in [3.05, 3.63) is 121 Å². The predicted octanol–water partition coefficient (Wildman–Crippen LogP) is 5.18. The molecule has 0 saturated heterocycles. The van der Waals surface area contributed by atoms with Gasteiger partial charge in [-0.2, -0.15) is 14.6 Å². The summed E-state index contributed by atoms with van der Waals surface area (Å²) in [5, 5.41) is 21.6. The fourth-order valence-electron chi connectivity index (χ4n) is 4.66. The summed E-state index contributed by atoms with van der Waals surface area (Å²) in [6, 6.07) is 23.4. The van der Waals surface area contributed by atoms with Crippen LogP contribution in [0.2, 0.25) is 0 Å². The van der Waals surface area contributed by atoms with Crippen LogP contribution in [0.15, 0.2) is 94.3 Å². The van der Waals surface area contributed by atoms with E-state index >= 15 is 0 Å². The van der Waals surface area contributed by atoms with E-state index in [0.29, 0.717) is 37.9 Å². The highest BCUT2D eigenvalue weighted by atomic mass is 32.1. The molecule has 194 valence electrons. The standard InChI is InChI=1S/C29H18N6O4S/c1-17-22-12-5-6-13-23(22)39-26(17)27-30-29-34(32-27)28(36)24(40-29)15-19-16-33(20-9-3-2-4-10-20)31-25(19)18-8-7-11-21(14-18)35(37)38/h2-16H,1H3. The summed E-state index contributed by atoms with van der Waals surface area (Å²) in [7, 11) is 0. The summed E-state index contributed by atoms with van der Waals surface area (Å²) in [6.45, 7) is 1.94. The maximum absolute atomic E-state index is 13.4. The Balaban J connectivity index is 1.37. The molecule has 0 aliphatic rings. The first-order chi connectivity index (χ1) is 19.5. The second-order valence-corrected chi connectivity index (χ2v) is 10.1. The highest BCUT2D eigenvalue weighted by Gasteiger charge is 2.20. The first-order valence-electron chi connectivity index (χ1n) is 12.3. The van der Waals surface area contributed by atoms with E-state index in [1.807, 2.05) is 61.5 Å². The smallest absolute Gasteiger partial charge is 0.291 e. The van der Waals surface area contributed by atoms with Crippen LogP contribution in [0.4, 0.5) is 5.69 Å². The molecular weight excluding hydrogens is 528 g/mol. The van der Waals surface area contributed by atoms with Gasteiger partial charge in [0.05, 0.1) is 15.1 Å². The maximum Gasteiger partial charge on any atom is 0.291 e. The van der Waals surface area contributed by atoms with Crippen LogP contribution in [-0.4, -0.2) is 29.3 Å². The molecule has 40 heavy (non-hydrogen) atoms. The van der Waals surface area contributed by atoms with Crippen molar-refractivity contribution < 1.29 is 9.34 Å². The Hall–Kier alpha value is -5.42. The van der Waals surface area contributed by atoms with Gasteiger partial charge in [0, 0.05) is 40.4 Å². The van der Waals surface area contributed by atoms with E-state index in [2.05, 4.69) is 10.1 Å². The normalized spacial score (nSPS) is 12.1. The van der Waals surface area contributed by atoms with Crippen molar-refractivity contribution >= 4 is 39.0 Å². The van der Waals surface area contributed by atoms with Crippen LogP contribution in [0.25, 0.3) is 50.5 Å². The monoisotopic (exact) mass is 546 g/mol. The van der Waals surface area contributed by atoms with Crippen molar-refractivity contribution in [2.24, 2.45) is 0 Å². The average Bonchev–Trinajstić information content (AvgIpc) is 3.73. The van der Waals surface area contributed by atoms with Gasteiger partial charge in [0.2, 0.25) is 10.8 Å². The minimum Gasteiger partial charge on any atom is -0.452 e.